The second-order valence-electron chi connectivity index (χ2n) is 5.82. The summed E-state index contributed by atoms with van der Waals surface area (Å²) in [6.07, 6.45) is 0.739. The quantitative estimate of drug-likeness (QED) is 0.937. The standard InChI is InChI=1S/C18H22N2O2S/c1-3-19-23(21,22)20-13-12-15-9-5-7-11-17(15)18(20)16-10-6-4-8-14(16)2/h4-11,18-19H,3,12-13H2,1-2H3. The average Bonchev–Trinajstić information content (AvgIpc) is 2.54. The molecule has 1 atom stereocenters. The van der Waals surface area contributed by atoms with Crippen molar-refractivity contribution >= 4 is 10.2 Å². The Morgan fingerprint density at radius 3 is 2.43 bits per heavy atom. The smallest absolute Gasteiger partial charge is 0.202 e. The van der Waals surface area contributed by atoms with Crippen LogP contribution in [0.25, 0.3) is 0 Å². The number of nitrogens with one attached hydrogen (secondary N) is 1. The van der Waals surface area contributed by atoms with Crippen molar-refractivity contribution in [1.29, 1.82) is 0 Å². The maximum atomic E-state index is 12.7. The third-order valence-electron chi connectivity index (χ3n) is 4.36. The first kappa shape index (κ1) is 16.2. The Hall–Kier alpha value is -1.69. The molecule has 1 unspecified atom stereocenters. The molecule has 1 aliphatic heterocycles. The van der Waals surface area contributed by atoms with E-state index in [0.29, 0.717) is 13.1 Å². The van der Waals surface area contributed by atoms with E-state index in [1.807, 2.05) is 49.4 Å². The molecule has 23 heavy (non-hydrogen) atoms. The molecule has 5 heteroatoms. The van der Waals surface area contributed by atoms with Gasteiger partial charge in [0.15, 0.2) is 0 Å². The fourth-order valence-electron chi connectivity index (χ4n) is 3.28. The van der Waals surface area contributed by atoms with Gasteiger partial charge in [-0.1, -0.05) is 55.5 Å². The van der Waals surface area contributed by atoms with Gasteiger partial charge < -0.3 is 0 Å². The van der Waals surface area contributed by atoms with Crippen molar-refractivity contribution in [2.45, 2.75) is 26.3 Å². The van der Waals surface area contributed by atoms with Gasteiger partial charge in [0.05, 0.1) is 6.04 Å². The van der Waals surface area contributed by atoms with E-state index < -0.39 is 10.2 Å². The van der Waals surface area contributed by atoms with Crippen LogP contribution in [-0.4, -0.2) is 25.8 Å². The van der Waals surface area contributed by atoms with Crippen LogP contribution in [-0.2, 0) is 16.6 Å². The van der Waals surface area contributed by atoms with Crippen LogP contribution in [0.15, 0.2) is 48.5 Å². The molecule has 1 aliphatic rings. The third kappa shape index (κ3) is 3.04. The Labute approximate surface area is 138 Å². The zero-order chi connectivity index (χ0) is 16.4. The van der Waals surface area contributed by atoms with Crippen molar-refractivity contribution in [3.8, 4) is 0 Å². The molecule has 0 saturated heterocycles. The molecule has 122 valence electrons. The van der Waals surface area contributed by atoms with Crippen LogP contribution in [0, 0.1) is 6.92 Å². The zero-order valence-corrected chi connectivity index (χ0v) is 14.3. The summed E-state index contributed by atoms with van der Waals surface area (Å²) in [6.45, 7) is 4.72. The van der Waals surface area contributed by atoms with Crippen LogP contribution in [0.2, 0.25) is 0 Å². The Morgan fingerprint density at radius 1 is 1.09 bits per heavy atom. The van der Waals surface area contributed by atoms with E-state index in [1.165, 1.54) is 5.56 Å². The number of hydrogen-bond donors (Lipinski definition) is 1. The van der Waals surface area contributed by atoms with E-state index in [-0.39, 0.29) is 6.04 Å². The van der Waals surface area contributed by atoms with Crippen LogP contribution >= 0.6 is 0 Å². The first-order valence-electron chi connectivity index (χ1n) is 7.94. The summed E-state index contributed by atoms with van der Waals surface area (Å²) in [5.41, 5.74) is 4.45. The van der Waals surface area contributed by atoms with Crippen LogP contribution in [0.3, 0.4) is 0 Å². The maximum absolute atomic E-state index is 12.7. The SMILES string of the molecule is CCNS(=O)(=O)N1CCc2ccccc2C1c1ccccc1C. The van der Waals surface area contributed by atoms with Crippen molar-refractivity contribution < 1.29 is 8.42 Å². The van der Waals surface area contributed by atoms with E-state index in [1.54, 1.807) is 11.2 Å². The topological polar surface area (TPSA) is 49.4 Å². The number of rotatable bonds is 4. The summed E-state index contributed by atoms with van der Waals surface area (Å²) in [5.74, 6) is 0. The molecule has 2 aromatic rings. The number of aryl methyl sites for hydroxylation is 1. The average molecular weight is 330 g/mol. The lowest BCUT2D eigenvalue weighted by atomic mass is 9.88. The van der Waals surface area contributed by atoms with Gasteiger partial charge in [0.25, 0.3) is 10.2 Å². The molecule has 1 N–H and O–H groups in total. The lowest BCUT2D eigenvalue weighted by Crippen LogP contribution is -2.46. The number of benzene rings is 2. The highest BCUT2D eigenvalue weighted by Crippen LogP contribution is 2.37. The summed E-state index contributed by atoms with van der Waals surface area (Å²) in [4.78, 5) is 0. The fraction of sp³-hybridized carbons (Fsp3) is 0.333. The summed E-state index contributed by atoms with van der Waals surface area (Å²) in [7, 11) is -3.51. The highest BCUT2D eigenvalue weighted by Gasteiger charge is 2.36. The molecule has 0 saturated carbocycles. The van der Waals surface area contributed by atoms with E-state index >= 15 is 0 Å². The van der Waals surface area contributed by atoms with Crippen molar-refractivity contribution in [3.63, 3.8) is 0 Å². The van der Waals surface area contributed by atoms with Crippen LogP contribution in [0.1, 0.15) is 35.2 Å². The number of hydrogen-bond acceptors (Lipinski definition) is 2. The minimum Gasteiger partial charge on any atom is -0.202 e. The minimum absolute atomic E-state index is 0.273. The first-order valence-corrected chi connectivity index (χ1v) is 9.38. The predicted octanol–water partition coefficient (Wildman–Crippen LogP) is 2.80. The predicted molar refractivity (Wildman–Crippen MR) is 92.5 cm³/mol. The molecule has 3 rings (SSSR count). The molecular weight excluding hydrogens is 308 g/mol. The van der Waals surface area contributed by atoms with Gasteiger partial charge in [-0.3, -0.25) is 0 Å². The summed E-state index contributed by atoms with van der Waals surface area (Å²) in [6, 6.07) is 15.9. The highest BCUT2D eigenvalue weighted by molar-refractivity contribution is 7.87. The lowest BCUT2D eigenvalue weighted by molar-refractivity contribution is 0.338. The van der Waals surface area contributed by atoms with Gasteiger partial charge >= 0.3 is 0 Å². The largest absolute Gasteiger partial charge is 0.280 e. The summed E-state index contributed by atoms with van der Waals surface area (Å²) < 4.78 is 29.6. The van der Waals surface area contributed by atoms with Crippen LogP contribution in [0.4, 0.5) is 0 Å². The third-order valence-corrected chi connectivity index (χ3v) is 6.02. The monoisotopic (exact) mass is 330 g/mol. The van der Waals surface area contributed by atoms with Gasteiger partial charge in [-0.2, -0.15) is 12.7 Å². The normalized spacial score (nSPS) is 18.6. The molecule has 0 bridgehead atoms. The van der Waals surface area contributed by atoms with Gasteiger partial charge in [-0.15, -0.1) is 0 Å². The van der Waals surface area contributed by atoms with Gasteiger partial charge in [0.1, 0.15) is 0 Å². The molecule has 0 aliphatic carbocycles. The molecule has 0 fully saturated rings. The van der Waals surface area contributed by atoms with E-state index in [4.69, 9.17) is 0 Å². The Balaban J connectivity index is 2.17. The van der Waals surface area contributed by atoms with Crippen molar-refractivity contribution in [2.24, 2.45) is 0 Å². The van der Waals surface area contributed by atoms with Crippen molar-refractivity contribution in [1.82, 2.24) is 9.03 Å². The molecule has 0 amide bonds. The van der Waals surface area contributed by atoms with Gasteiger partial charge in [0.2, 0.25) is 0 Å². The van der Waals surface area contributed by atoms with Gasteiger partial charge in [-0.25, -0.2) is 4.72 Å². The molecule has 2 aromatic carbocycles. The minimum atomic E-state index is -3.51. The van der Waals surface area contributed by atoms with E-state index in [0.717, 1.165) is 23.1 Å². The summed E-state index contributed by atoms with van der Waals surface area (Å²) >= 11 is 0. The van der Waals surface area contributed by atoms with Crippen LogP contribution in [0.5, 0.6) is 0 Å². The highest BCUT2D eigenvalue weighted by atomic mass is 32.2. The molecule has 0 aromatic heterocycles. The Kier molecular flexibility index (Phi) is 4.53. The van der Waals surface area contributed by atoms with Crippen molar-refractivity contribution in [2.75, 3.05) is 13.1 Å². The van der Waals surface area contributed by atoms with E-state index in [9.17, 15) is 8.42 Å². The zero-order valence-electron chi connectivity index (χ0n) is 13.5. The second-order valence-corrected chi connectivity index (χ2v) is 7.53. The fourth-order valence-corrected chi connectivity index (χ4v) is 4.65. The van der Waals surface area contributed by atoms with Crippen molar-refractivity contribution in [3.05, 3.63) is 70.8 Å². The van der Waals surface area contributed by atoms with Gasteiger partial charge in [-0.05, 0) is 35.6 Å². The number of fused-ring (bicyclic) bond motifs is 1. The molecule has 1 heterocycles. The Bertz CT molecular complexity index is 802. The molecule has 4 nitrogen and oxygen atoms in total. The molecule has 0 radical (unpaired) electrons. The summed E-state index contributed by atoms with van der Waals surface area (Å²) in [5, 5.41) is 0. The number of nitrogens with zero attached hydrogens (tertiary/aromatic N) is 1. The second kappa shape index (κ2) is 6.43. The van der Waals surface area contributed by atoms with Gasteiger partial charge in [0, 0.05) is 13.1 Å². The van der Waals surface area contributed by atoms with E-state index in [2.05, 4.69) is 10.8 Å². The lowest BCUT2D eigenvalue weighted by Gasteiger charge is -2.37. The maximum Gasteiger partial charge on any atom is 0.280 e. The molecule has 0 spiro atoms. The molecular formula is C18H22N2O2S. The first-order chi connectivity index (χ1) is 11.0. The van der Waals surface area contributed by atoms with Crippen LogP contribution < -0.4 is 4.72 Å². The Morgan fingerprint density at radius 2 is 1.74 bits per heavy atom.